The molecule has 0 aromatic rings. The minimum atomic E-state index is -0.778. The van der Waals surface area contributed by atoms with Crippen LogP contribution in [0, 0.1) is 11.3 Å². The van der Waals surface area contributed by atoms with E-state index in [2.05, 4.69) is 0 Å². The second-order valence-electron chi connectivity index (χ2n) is 5.48. The van der Waals surface area contributed by atoms with Gasteiger partial charge in [-0.15, -0.1) is 0 Å². The van der Waals surface area contributed by atoms with Crippen molar-refractivity contribution in [2.45, 2.75) is 59.2 Å². The minimum absolute atomic E-state index is 0.139. The molecule has 15 heavy (non-hydrogen) atoms. The van der Waals surface area contributed by atoms with Gasteiger partial charge in [0.2, 0.25) is 0 Å². The lowest BCUT2D eigenvalue weighted by atomic mass is 9.91. The molecule has 1 fully saturated rings. The molecule has 0 heterocycles. The lowest BCUT2D eigenvalue weighted by molar-refractivity contribution is -0.158. The molecule has 0 spiro atoms. The number of rotatable bonds is 4. The second-order valence-corrected chi connectivity index (χ2v) is 5.48. The number of esters is 1. The molecule has 1 aliphatic carbocycles. The average Bonchev–Trinajstić information content (AvgIpc) is 2.78. The van der Waals surface area contributed by atoms with Crippen LogP contribution >= 0.6 is 0 Å². The molecule has 1 N–H and O–H groups in total. The van der Waals surface area contributed by atoms with Crippen LogP contribution in [-0.4, -0.2) is 22.8 Å². The van der Waals surface area contributed by atoms with Crippen LogP contribution in [0.2, 0.25) is 0 Å². The number of hydrogen-bond acceptors (Lipinski definition) is 3. The van der Waals surface area contributed by atoms with E-state index in [4.69, 9.17) is 4.74 Å². The van der Waals surface area contributed by atoms with Crippen molar-refractivity contribution in [3.63, 3.8) is 0 Å². The third-order valence-electron chi connectivity index (χ3n) is 3.60. The van der Waals surface area contributed by atoms with E-state index in [-0.39, 0.29) is 18.0 Å². The second kappa shape index (κ2) is 3.78. The van der Waals surface area contributed by atoms with Crippen LogP contribution in [0.5, 0.6) is 0 Å². The quantitative estimate of drug-likeness (QED) is 0.729. The molecule has 0 amide bonds. The van der Waals surface area contributed by atoms with Crippen molar-refractivity contribution in [2.24, 2.45) is 11.3 Å². The Kier molecular flexibility index (Phi) is 3.15. The molecule has 0 aliphatic heterocycles. The molecule has 0 aromatic heterocycles. The summed E-state index contributed by atoms with van der Waals surface area (Å²) in [6.07, 6.45) is 1.03. The summed E-state index contributed by atoms with van der Waals surface area (Å²) in [7, 11) is 0. The molecule has 2 unspecified atom stereocenters. The van der Waals surface area contributed by atoms with Gasteiger partial charge in [-0.3, -0.25) is 4.79 Å². The number of hydrogen-bond donors (Lipinski definition) is 1. The summed E-state index contributed by atoms with van der Waals surface area (Å²) >= 11 is 0. The van der Waals surface area contributed by atoms with E-state index in [1.54, 1.807) is 0 Å². The Balaban J connectivity index is 2.50. The zero-order valence-corrected chi connectivity index (χ0v) is 10.3. The van der Waals surface area contributed by atoms with Crippen molar-refractivity contribution in [1.29, 1.82) is 0 Å². The monoisotopic (exact) mass is 214 g/mol. The molecule has 0 saturated heterocycles. The molecule has 2 atom stereocenters. The first-order valence-corrected chi connectivity index (χ1v) is 5.67. The molecule has 0 radical (unpaired) electrons. The van der Waals surface area contributed by atoms with E-state index < -0.39 is 11.0 Å². The van der Waals surface area contributed by atoms with E-state index in [0.717, 1.165) is 6.42 Å². The summed E-state index contributed by atoms with van der Waals surface area (Å²) in [5.41, 5.74) is -1.22. The summed E-state index contributed by atoms with van der Waals surface area (Å²) in [4.78, 5) is 11.7. The third kappa shape index (κ3) is 2.33. The summed E-state index contributed by atoms with van der Waals surface area (Å²) in [5.74, 6) is -0.0633. The van der Waals surface area contributed by atoms with E-state index in [0.29, 0.717) is 6.42 Å². The SMILES string of the molecule is CCC(C)(C)C(=O)OC1CC1(O)C(C)C. The first-order chi connectivity index (χ1) is 6.74. The van der Waals surface area contributed by atoms with Gasteiger partial charge < -0.3 is 9.84 Å². The molecule has 1 rings (SSSR count). The van der Waals surface area contributed by atoms with Gasteiger partial charge in [0, 0.05) is 6.42 Å². The molecule has 1 aliphatic rings. The van der Waals surface area contributed by atoms with Crippen LogP contribution in [0.4, 0.5) is 0 Å². The van der Waals surface area contributed by atoms with Gasteiger partial charge >= 0.3 is 5.97 Å². The minimum Gasteiger partial charge on any atom is -0.459 e. The third-order valence-corrected chi connectivity index (χ3v) is 3.60. The average molecular weight is 214 g/mol. The fraction of sp³-hybridized carbons (Fsp3) is 0.917. The van der Waals surface area contributed by atoms with Gasteiger partial charge in [-0.2, -0.15) is 0 Å². The molecular weight excluding hydrogens is 192 g/mol. The van der Waals surface area contributed by atoms with Crippen molar-refractivity contribution in [3.8, 4) is 0 Å². The van der Waals surface area contributed by atoms with Gasteiger partial charge in [0.15, 0.2) is 0 Å². The van der Waals surface area contributed by atoms with Gasteiger partial charge in [-0.1, -0.05) is 20.8 Å². The predicted octanol–water partition coefficient (Wildman–Crippen LogP) is 2.13. The van der Waals surface area contributed by atoms with Gasteiger partial charge in [-0.05, 0) is 26.2 Å². The molecule has 0 bridgehead atoms. The van der Waals surface area contributed by atoms with Crippen LogP contribution in [-0.2, 0) is 9.53 Å². The van der Waals surface area contributed by atoms with E-state index in [9.17, 15) is 9.90 Å². The molecule has 3 heteroatoms. The van der Waals surface area contributed by atoms with Crippen molar-refractivity contribution in [3.05, 3.63) is 0 Å². The maximum absolute atomic E-state index is 11.7. The Labute approximate surface area is 91.8 Å². The van der Waals surface area contributed by atoms with Crippen LogP contribution in [0.3, 0.4) is 0 Å². The highest BCUT2D eigenvalue weighted by Crippen LogP contribution is 2.45. The lowest BCUT2D eigenvalue weighted by Gasteiger charge is -2.22. The van der Waals surface area contributed by atoms with E-state index in [1.165, 1.54) is 0 Å². The van der Waals surface area contributed by atoms with Crippen molar-refractivity contribution in [2.75, 3.05) is 0 Å². The number of carbonyl (C=O) groups excluding carboxylic acids is 1. The van der Waals surface area contributed by atoms with Crippen LogP contribution in [0.15, 0.2) is 0 Å². The Morgan fingerprint density at radius 1 is 1.60 bits per heavy atom. The highest BCUT2D eigenvalue weighted by atomic mass is 16.6. The number of carbonyl (C=O) groups is 1. The molecule has 0 aromatic carbocycles. The summed E-state index contributed by atoms with van der Waals surface area (Å²) < 4.78 is 5.31. The first kappa shape index (κ1) is 12.5. The molecule has 3 nitrogen and oxygen atoms in total. The molecular formula is C12H22O3. The van der Waals surface area contributed by atoms with Gasteiger partial charge in [-0.25, -0.2) is 0 Å². The zero-order valence-electron chi connectivity index (χ0n) is 10.3. The predicted molar refractivity (Wildman–Crippen MR) is 58.4 cm³/mol. The lowest BCUT2D eigenvalue weighted by Crippen LogP contribution is -2.30. The fourth-order valence-electron chi connectivity index (χ4n) is 1.42. The van der Waals surface area contributed by atoms with Crippen molar-refractivity contribution < 1.29 is 14.6 Å². The number of aliphatic hydroxyl groups is 1. The summed E-state index contributed by atoms with van der Waals surface area (Å²) in [6, 6.07) is 0. The zero-order chi connectivity index (χ0) is 11.9. The smallest absolute Gasteiger partial charge is 0.311 e. The maximum atomic E-state index is 11.7. The van der Waals surface area contributed by atoms with Crippen molar-refractivity contribution in [1.82, 2.24) is 0 Å². The first-order valence-electron chi connectivity index (χ1n) is 5.67. The van der Waals surface area contributed by atoms with Crippen LogP contribution in [0.1, 0.15) is 47.5 Å². The van der Waals surface area contributed by atoms with Crippen LogP contribution in [0.25, 0.3) is 0 Å². The highest BCUT2D eigenvalue weighted by molar-refractivity contribution is 5.76. The van der Waals surface area contributed by atoms with Crippen molar-refractivity contribution >= 4 is 5.97 Å². The Hall–Kier alpha value is -0.570. The number of ether oxygens (including phenoxy) is 1. The summed E-state index contributed by atoms with van der Waals surface area (Å²) in [5, 5.41) is 9.98. The summed E-state index contributed by atoms with van der Waals surface area (Å²) in [6.45, 7) is 9.58. The highest BCUT2D eigenvalue weighted by Gasteiger charge is 2.58. The fourth-order valence-corrected chi connectivity index (χ4v) is 1.42. The van der Waals surface area contributed by atoms with Gasteiger partial charge in [0.25, 0.3) is 0 Å². The molecule has 1 saturated carbocycles. The Morgan fingerprint density at radius 2 is 2.13 bits per heavy atom. The maximum Gasteiger partial charge on any atom is 0.311 e. The largest absolute Gasteiger partial charge is 0.459 e. The topological polar surface area (TPSA) is 46.5 Å². The van der Waals surface area contributed by atoms with Gasteiger partial charge in [0.1, 0.15) is 11.7 Å². The normalized spacial score (nSPS) is 30.5. The van der Waals surface area contributed by atoms with E-state index in [1.807, 2.05) is 34.6 Å². The van der Waals surface area contributed by atoms with E-state index >= 15 is 0 Å². The van der Waals surface area contributed by atoms with Crippen LogP contribution < -0.4 is 0 Å². The molecule has 88 valence electrons. The standard InChI is InChI=1S/C12H22O3/c1-6-11(4,5)10(13)15-9-7-12(9,14)8(2)3/h8-9,14H,6-7H2,1-5H3. The Bertz CT molecular complexity index is 258. The Morgan fingerprint density at radius 3 is 2.47 bits per heavy atom. The van der Waals surface area contributed by atoms with Gasteiger partial charge in [0.05, 0.1) is 5.41 Å².